The number of benzene rings is 2. The van der Waals surface area contributed by atoms with E-state index in [0.717, 1.165) is 36.3 Å². The second-order valence-electron chi connectivity index (χ2n) is 9.13. The van der Waals surface area contributed by atoms with Crippen LogP contribution < -0.4 is 15.6 Å². The van der Waals surface area contributed by atoms with Crippen LogP contribution in [0.5, 0.6) is 5.75 Å². The van der Waals surface area contributed by atoms with Crippen LogP contribution in [-0.2, 0) is 0 Å². The average Bonchev–Trinajstić information content (AvgIpc) is 3.60. The minimum absolute atomic E-state index is 0.225. The number of hydrogen-bond donors (Lipinski definition) is 2. The Balaban J connectivity index is 1.15. The Morgan fingerprint density at radius 3 is 2.59 bits per heavy atom. The van der Waals surface area contributed by atoms with E-state index in [9.17, 15) is 9.59 Å². The lowest BCUT2D eigenvalue weighted by molar-refractivity contribution is 0.102. The van der Waals surface area contributed by atoms with Gasteiger partial charge in [0, 0.05) is 23.2 Å². The van der Waals surface area contributed by atoms with Crippen LogP contribution in [0.1, 0.15) is 23.2 Å². The molecule has 0 aliphatic carbocycles. The first-order chi connectivity index (χ1) is 18.2. The maximum atomic E-state index is 13.0. The first-order valence-corrected chi connectivity index (χ1v) is 12.4. The molecule has 1 aliphatic heterocycles. The summed E-state index contributed by atoms with van der Waals surface area (Å²) in [6.07, 6.45) is 5.88. The first-order valence-electron chi connectivity index (χ1n) is 12.4. The SMILES string of the molecule is O=C(Nc1ccc(-c2n[nH]c(=O)c3ccccc23)cc1)c1cnn2cc(OCCN3CCCC3)ccc12. The molecular formula is C28H26N6O3. The van der Waals surface area contributed by atoms with Gasteiger partial charge in [0.2, 0.25) is 0 Å². The highest BCUT2D eigenvalue weighted by Crippen LogP contribution is 2.26. The van der Waals surface area contributed by atoms with E-state index in [1.165, 1.54) is 12.8 Å². The molecule has 0 radical (unpaired) electrons. The van der Waals surface area contributed by atoms with E-state index >= 15 is 0 Å². The number of pyridine rings is 1. The van der Waals surface area contributed by atoms with Gasteiger partial charge in [-0.1, -0.05) is 30.3 Å². The van der Waals surface area contributed by atoms with Gasteiger partial charge in [-0.05, 0) is 56.3 Å². The second kappa shape index (κ2) is 9.87. The Morgan fingerprint density at radius 1 is 1.00 bits per heavy atom. The molecule has 9 nitrogen and oxygen atoms in total. The Kier molecular flexibility index (Phi) is 6.11. The Hall–Kier alpha value is -4.50. The van der Waals surface area contributed by atoms with Crippen molar-refractivity contribution < 1.29 is 9.53 Å². The molecular weight excluding hydrogens is 468 g/mol. The third kappa shape index (κ3) is 4.68. The molecule has 4 heterocycles. The Bertz CT molecular complexity index is 1630. The van der Waals surface area contributed by atoms with Crippen molar-refractivity contribution in [1.29, 1.82) is 0 Å². The van der Waals surface area contributed by atoms with E-state index < -0.39 is 0 Å². The van der Waals surface area contributed by atoms with Gasteiger partial charge in [0.05, 0.1) is 34.6 Å². The van der Waals surface area contributed by atoms with Gasteiger partial charge in [0.1, 0.15) is 12.4 Å². The van der Waals surface area contributed by atoms with Gasteiger partial charge in [-0.2, -0.15) is 10.2 Å². The van der Waals surface area contributed by atoms with Gasteiger partial charge < -0.3 is 10.1 Å². The first kappa shape index (κ1) is 22.9. The molecule has 3 aromatic heterocycles. The van der Waals surface area contributed by atoms with E-state index in [4.69, 9.17) is 4.74 Å². The molecule has 9 heteroatoms. The van der Waals surface area contributed by atoms with Gasteiger partial charge >= 0.3 is 0 Å². The number of carbonyl (C=O) groups excluding carboxylic acids is 1. The number of fused-ring (bicyclic) bond motifs is 2. The van der Waals surface area contributed by atoms with Gasteiger partial charge in [-0.15, -0.1) is 0 Å². The third-order valence-electron chi connectivity index (χ3n) is 6.72. The van der Waals surface area contributed by atoms with Gasteiger partial charge in [-0.25, -0.2) is 9.61 Å². The van der Waals surface area contributed by atoms with Crippen LogP contribution in [0.2, 0.25) is 0 Å². The van der Waals surface area contributed by atoms with Crippen molar-refractivity contribution in [2.45, 2.75) is 12.8 Å². The number of aromatic nitrogens is 4. The molecule has 2 aromatic carbocycles. The van der Waals surface area contributed by atoms with Gasteiger partial charge in [0.25, 0.3) is 11.5 Å². The number of nitrogens with zero attached hydrogens (tertiary/aromatic N) is 4. The Labute approximate surface area is 212 Å². The van der Waals surface area contributed by atoms with Crippen molar-refractivity contribution in [2.75, 3.05) is 31.6 Å². The number of H-pyrrole nitrogens is 1. The monoisotopic (exact) mass is 494 g/mol. The fourth-order valence-corrected chi connectivity index (χ4v) is 4.77. The molecule has 1 saturated heterocycles. The topological polar surface area (TPSA) is 105 Å². The normalized spacial score (nSPS) is 13.8. The van der Waals surface area contributed by atoms with Gasteiger partial charge in [-0.3, -0.25) is 14.5 Å². The van der Waals surface area contributed by atoms with Crippen molar-refractivity contribution >= 4 is 27.9 Å². The summed E-state index contributed by atoms with van der Waals surface area (Å²) in [6.45, 7) is 3.83. The van der Waals surface area contributed by atoms with E-state index in [-0.39, 0.29) is 11.5 Å². The van der Waals surface area contributed by atoms with Crippen LogP contribution in [0.25, 0.3) is 27.5 Å². The minimum atomic E-state index is -0.252. The molecule has 1 amide bonds. The molecule has 1 aliphatic rings. The maximum Gasteiger partial charge on any atom is 0.272 e. The lowest BCUT2D eigenvalue weighted by Crippen LogP contribution is -2.25. The van der Waals surface area contributed by atoms with Crippen molar-refractivity contribution in [3.05, 3.63) is 89.0 Å². The van der Waals surface area contributed by atoms with Crippen molar-refractivity contribution in [3.8, 4) is 17.0 Å². The number of aromatic amines is 1. The molecule has 2 N–H and O–H groups in total. The summed E-state index contributed by atoms with van der Waals surface area (Å²) in [5.41, 5.74) is 3.10. The van der Waals surface area contributed by atoms with Crippen LogP contribution in [0.4, 0.5) is 5.69 Å². The summed E-state index contributed by atoms with van der Waals surface area (Å²) in [5.74, 6) is 0.471. The highest BCUT2D eigenvalue weighted by molar-refractivity contribution is 6.09. The van der Waals surface area contributed by atoms with Crippen molar-refractivity contribution in [2.24, 2.45) is 0 Å². The zero-order valence-corrected chi connectivity index (χ0v) is 20.2. The number of nitrogens with one attached hydrogen (secondary N) is 2. The molecule has 5 aromatic rings. The molecule has 0 atom stereocenters. The highest BCUT2D eigenvalue weighted by atomic mass is 16.5. The zero-order chi connectivity index (χ0) is 25.2. The van der Waals surface area contributed by atoms with Crippen LogP contribution in [-0.4, -0.2) is 56.9 Å². The summed E-state index contributed by atoms with van der Waals surface area (Å²) in [6, 6.07) is 18.4. The molecule has 0 unspecified atom stereocenters. The number of hydrogen-bond acceptors (Lipinski definition) is 6. The van der Waals surface area contributed by atoms with E-state index in [1.807, 2.05) is 54.6 Å². The second-order valence-corrected chi connectivity index (χ2v) is 9.13. The third-order valence-corrected chi connectivity index (χ3v) is 6.72. The summed E-state index contributed by atoms with van der Waals surface area (Å²) in [4.78, 5) is 27.5. The minimum Gasteiger partial charge on any atom is -0.491 e. The predicted molar refractivity (Wildman–Crippen MR) is 142 cm³/mol. The van der Waals surface area contributed by atoms with Crippen LogP contribution in [0.15, 0.2) is 77.9 Å². The number of likely N-dealkylation sites (tertiary alicyclic amines) is 1. The largest absolute Gasteiger partial charge is 0.491 e. The maximum absolute atomic E-state index is 13.0. The molecule has 1 fully saturated rings. The average molecular weight is 495 g/mol. The molecule has 186 valence electrons. The van der Waals surface area contributed by atoms with Crippen molar-refractivity contribution in [1.82, 2.24) is 24.7 Å². The van der Waals surface area contributed by atoms with Gasteiger partial charge in [0.15, 0.2) is 0 Å². The van der Waals surface area contributed by atoms with Crippen LogP contribution >= 0.6 is 0 Å². The summed E-state index contributed by atoms with van der Waals surface area (Å²) < 4.78 is 7.56. The van der Waals surface area contributed by atoms with E-state index in [1.54, 1.807) is 23.0 Å². The lowest BCUT2D eigenvalue weighted by atomic mass is 10.0. The Morgan fingerprint density at radius 2 is 1.78 bits per heavy atom. The highest BCUT2D eigenvalue weighted by Gasteiger charge is 2.15. The summed E-state index contributed by atoms with van der Waals surface area (Å²) >= 11 is 0. The quantitative estimate of drug-likeness (QED) is 0.355. The molecule has 6 rings (SSSR count). The lowest BCUT2D eigenvalue weighted by Gasteiger charge is -2.14. The number of ether oxygens (including phenoxy) is 1. The molecule has 0 bridgehead atoms. The van der Waals surface area contributed by atoms with E-state index in [2.05, 4.69) is 25.5 Å². The zero-order valence-electron chi connectivity index (χ0n) is 20.2. The predicted octanol–water partition coefficient (Wildman–Crippen LogP) is 3.96. The molecule has 0 spiro atoms. The number of rotatable bonds is 7. The van der Waals surface area contributed by atoms with Crippen LogP contribution in [0.3, 0.4) is 0 Å². The van der Waals surface area contributed by atoms with E-state index in [0.29, 0.717) is 34.5 Å². The van der Waals surface area contributed by atoms with Crippen molar-refractivity contribution in [3.63, 3.8) is 0 Å². The summed E-state index contributed by atoms with van der Waals surface area (Å²) in [7, 11) is 0. The fourth-order valence-electron chi connectivity index (χ4n) is 4.77. The number of carbonyl (C=O) groups is 1. The smallest absolute Gasteiger partial charge is 0.272 e. The summed E-state index contributed by atoms with van der Waals surface area (Å²) in [5, 5.41) is 15.4. The number of amides is 1. The fraction of sp³-hybridized carbons (Fsp3) is 0.214. The molecule has 37 heavy (non-hydrogen) atoms. The van der Waals surface area contributed by atoms with Crippen LogP contribution in [0, 0.1) is 0 Å². The number of anilines is 1. The molecule has 0 saturated carbocycles. The standard InChI is InChI=1S/C28H26N6O3/c35-27(24-17-29-34-18-21(11-12-25(24)34)37-16-15-33-13-3-4-14-33)30-20-9-7-19(8-10-20)26-22-5-1-2-6-23(22)28(36)32-31-26/h1-2,5-12,17-18H,3-4,13-16H2,(H,30,35)(H,32,36).